The van der Waals surface area contributed by atoms with Crippen LogP contribution in [0.4, 0.5) is 16.2 Å². The van der Waals surface area contributed by atoms with Gasteiger partial charge in [0.15, 0.2) is 0 Å². The number of aryl methyl sites for hydroxylation is 2. The molecule has 0 unspecified atom stereocenters. The third-order valence-corrected chi connectivity index (χ3v) is 8.73. The Morgan fingerprint density at radius 1 is 0.769 bits per heavy atom. The van der Waals surface area contributed by atoms with E-state index >= 15 is 0 Å². The van der Waals surface area contributed by atoms with Crippen molar-refractivity contribution in [2.24, 2.45) is 14.1 Å². The number of nitrogens with zero attached hydrogens (tertiary/aromatic N) is 6. The van der Waals surface area contributed by atoms with Crippen LogP contribution < -0.4 is 20.5 Å². The van der Waals surface area contributed by atoms with E-state index in [4.69, 9.17) is 29.4 Å². The average Bonchev–Trinajstić information content (AvgIpc) is 3.52. The topological polar surface area (TPSA) is 143 Å². The number of amides is 1. The van der Waals surface area contributed by atoms with E-state index in [1.165, 1.54) is 0 Å². The lowest BCUT2D eigenvalue weighted by Crippen LogP contribution is -2.30. The second kappa shape index (κ2) is 19.8. The highest BCUT2D eigenvalue weighted by molar-refractivity contribution is 5.86. The van der Waals surface area contributed by atoms with E-state index in [9.17, 15) is 4.79 Å². The number of hydrogen-bond acceptors (Lipinski definition) is 11. The zero-order chi connectivity index (χ0) is 36.7. The van der Waals surface area contributed by atoms with Crippen molar-refractivity contribution in [3.8, 4) is 34.0 Å². The third-order valence-electron chi connectivity index (χ3n) is 8.73. The molecule has 2 saturated heterocycles. The quantitative estimate of drug-likeness (QED) is 0.193. The molecule has 0 bridgehead atoms. The van der Waals surface area contributed by atoms with Crippen LogP contribution in [0.1, 0.15) is 26.7 Å². The zero-order valence-corrected chi connectivity index (χ0v) is 31.0. The number of benzene rings is 2. The van der Waals surface area contributed by atoms with Crippen LogP contribution >= 0.6 is 0 Å². The highest BCUT2D eigenvalue weighted by Crippen LogP contribution is 2.33. The molecule has 2 aliphatic heterocycles. The molecule has 0 spiro atoms. The fourth-order valence-corrected chi connectivity index (χ4v) is 6.06. The van der Waals surface area contributed by atoms with Crippen molar-refractivity contribution >= 4 is 17.5 Å². The average molecular weight is 719 g/mol. The summed E-state index contributed by atoms with van der Waals surface area (Å²) in [6.07, 6.45) is 4.99. The molecule has 4 heterocycles. The van der Waals surface area contributed by atoms with Gasteiger partial charge in [-0.05, 0) is 75.2 Å². The maximum atomic E-state index is 11.9. The van der Waals surface area contributed by atoms with Gasteiger partial charge in [-0.25, -0.2) is 4.79 Å². The Morgan fingerprint density at radius 3 is 1.83 bits per heavy atom. The first-order chi connectivity index (χ1) is 25.3. The molecular formula is C38H54N8O6. The number of ether oxygens (including phenoxy) is 5. The summed E-state index contributed by atoms with van der Waals surface area (Å²) in [6, 6.07) is 15.2. The summed E-state index contributed by atoms with van der Waals surface area (Å²) in [4.78, 5) is 16.7. The standard InChI is InChI=1S/C21H30N4O4.C17H24N4O2/c1-16(2)29-21(26)23-17-5-6-20(18(15-17)19-7-8-22-24(19)3)28-14-11-25-9-4-12-27-13-10-25;1-20-16(5-6-19-20)15-13-14(18)3-4-17(15)23-12-9-21-7-2-10-22-11-8-21/h5-8,15-16H,4,9-14H2,1-3H3,(H,23,26);3-6,13H,2,7-12,18H2,1H3. The Hall–Kier alpha value is -4.63. The first kappa shape index (κ1) is 38.6. The van der Waals surface area contributed by atoms with Crippen LogP contribution in [-0.2, 0) is 28.3 Å². The van der Waals surface area contributed by atoms with Crippen molar-refractivity contribution in [2.45, 2.75) is 32.8 Å². The Labute approximate surface area is 306 Å². The van der Waals surface area contributed by atoms with Gasteiger partial charge in [0.1, 0.15) is 24.7 Å². The van der Waals surface area contributed by atoms with Gasteiger partial charge in [0.25, 0.3) is 0 Å². The van der Waals surface area contributed by atoms with Crippen molar-refractivity contribution in [1.29, 1.82) is 0 Å². The van der Waals surface area contributed by atoms with Crippen molar-refractivity contribution in [3.05, 3.63) is 60.9 Å². The first-order valence-electron chi connectivity index (χ1n) is 18.1. The molecule has 6 rings (SSSR count). The molecule has 2 aromatic carbocycles. The Bertz CT molecular complexity index is 1680. The lowest BCUT2D eigenvalue weighted by molar-refractivity contribution is 0.130. The molecule has 52 heavy (non-hydrogen) atoms. The smallest absolute Gasteiger partial charge is 0.411 e. The number of hydrogen-bond donors (Lipinski definition) is 2. The summed E-state index contributed by atoms with van der Waals surface area (Å²) >= 11 is 0. The van der Waals surface area contributed by atoms with Gasteiger partial charge in [-0.15, -0.1) is 0 Å². The minimum Gasteiger partial charge on any atom is -0.492 e. The van der Waals surface area contributed by atoms with E-state index in [0.29, 0.717) is 18.9 Å². The minimum atomic E-state index is -0.479. The predicted molar refractivity (Wildman–Crippen MR) is 202 cm³/mol. The molecule has 3 N–H and O–H groups in total. The number of aromatic nitrogens is 4. The summed E-state index contributed by atoms with van der Waals surface area (Å²) in [5.74, 6) is 1.59. The number of nitrogen functional groups attached to an aromatic ring is 1. The molecule has 2 fully saturated rings. The number of nitrogens with one attached hydrogen (secondary N) is 1. The number of carbonyl (C=O) groups is 1. The maximum Gasteiger partial charge on any atom is 0.411 e. The third kappa shape index (κ3) is 11.7. The summed E-state index contributed by atoms with van der Waals surface area (Å²) in [5.41, 5.74) is 11.0. The van der Waals surface area contributed by atoms with Crippen LogP contribution in [0.25, 0.3) is 22.5 Å². The van der Waals surface area contributed by atoms with Gasteiger partial charge in [-0.2, -0.15) is 10.2 Å². The van der Waals surface area contributed by atoms with Crippen molar-refractivity contribution < 1.29 is 28.5 Å². The van der Waals surface area contributed by atoms with E-state index in [1.54, 1.807) is 17.1 Å². The van der Waals surface area contributed by atoms with Gasteiger partial charge in [0.2, 0.25) is 0 Å². The molecule has 0 saturated carbocycles. The molecule has 2 aromatic heterocycles. The van der Waals surface area contributed by atoms with Gasteiger partial charge in [-0.3, -0.25) is 24.5 Å². The normalized spacial score (nSPS) is 15.6. The monoisotopic (exact) mass is 718 g/mol. The van der Waals surface area contributed by atoms with Crippen molar-refractivity contribution in [2.75, 3.05) is 90.0 Å². The minimum absolute atomic E-state index is 0.182. The molecule has 0 radical (unpaired) electrons. The van der Waals surface area contributed by atoms with Gasteiger partial charge in [-0.1, -0.05) is 0 Å². The van der Waals surface area contributed by atoms with Gasteiger partial charge in [0.05, 0.1) is 30.7 Å². The Balaban J connectivity index is 0.000000206. The molecule has 2 aliphatic rings. The van der Waals surface area contributed by atoms with Crippen molar-refractivity contribution in [1.82, 2.24) is 29.4 Å². The Kier molecular flexibility index (Phi) is 14.7. The number of carbonyl (C=O) groups excluding carboxylic acids is 1. The second-order valence-corrected chi connectivity index (χ2v) is 13.0. The van der Waals surface area contributed by atoms with E-state index in [0.717, 1.165) is 118 Å². The Morgan fingerprint density at radius 2 is 1.31 bits per heavy atom. The van der Waals surface area contributed by atoms with Crippen LogP contribution in [0.15, 0.2) is 60.9 Å². The zero-order valence-electron chi connectivity index (χ0n) is 31.0. The number of rotatable bonds is 12. The molecule has 14 nitrogen and oxygen atoms in total. The number of anilines is 2. The highest BCUT2D eigenvalue weighted by atomic mass is 16.6. The first-order valence-corrected chi connectivity index (χ1v) is 18.1. The molecule has 4 aromatic rings. The SMILES string of the molecule is CC(C)OC(=O)Nc1ccc(OCCN2CCCOCC2)c(-c2ccnn2C)c1.Cn1nccc1-c1cc(N)ccc1OCCN1CCCOCC1. The second-order valence-electron chi connectivity index (χ2n) is 13.0. The maximum absolute atomic E-state index is 11.9. The van der Waals surface area contributed by atoms with Crippen LogP contribution in [0, 0.1) is 0 Å². The molecule has 0 aliphatic carbocycles. The van der Waals surface area contributed by atoms with E-state index < -0.39 is 6.09 Å². The summed E-state index contributed by atoms with van der Waals surface area (Å²) in [7, 11) is 3.79. The van der Waals surface area contributed by atoms with Crippen LogP contribution in [0.5, 0.6) is 11.5 Å². The molecule has 14 heteroatoms. The summed E-state index contributed by atoms with van der Waals surface area (Å²) < 4.78 is 31.9. The molecule has 1 amide bonds. The van der Waals surface area contributed by atoms with Crippen LogP contribution in [0.3, 0.4) is 0 Å². The molecular weight excluding hydrogens is 664 g/mol. The highest BCUT2D eigenvalue weighted by Gasteiger charge is 2.16. The van der Waals surface area contributed by atoms with E-state index in [-0.39, 0.29) is 6.10 Å². The number of nitrogens with two attached hydrogens (primary N) is 1. The lowest BCUT2D eigenvalue weighted by atomic mass is 10.1. The van der Waals surface area contributed by atoms with E-state index in [1.807, 2.05) is 81.2 Å². The predicted octanol–water partition coefficient (Wildman–Crippen LogP) is 4.92. The summed E-state index contributed by atoms with van der Waals surface area (Å²) in [6.45, 7) is 13.9. The lowest BCUT2D eigenvalue weighted by Gasteiger charge is -2.20. The van der Waals surface area contributed by atoms with E-state index in [2.05, 4.69) is 25.3 Å². The van der Waals surface area contributed by atoms with Gasteiger partial charge in [0, 0.05) is 101 Å². The van der Waals surface area contributed by atoms with Crippen LogP contribution in [-0.4, -0.2) is 120 Å². The fraction of sp³-hybridized carbons (Fsp3) is 0.500. The van der Waals surface area contributed by atoms with Gasteiger partial charge >= 0.3 is 6.09 Å². The largest absolute Gasteiger partial charge is 0.492 e. The molecule has 282 valence electrons. The van der Waals surface area contributed by atoms with Gasteiger partial charge < -0.3 is 29.4 Å². The molecule has 0 atom stereocenters. The summed E-state index contributed by atoms with van der Waals surface area (Å²) in [5, 5.41) is 11.2. The van der Waals surface area contributed by atoms with Crippen molar-refractivity contribution in [3.63, 3.8) is 0 Å². The van der Waals surface area contributed by atoms with Crippen LogP contribution in [0.2, 0.25) is 0 Å². The fourth-order valence-electron chi connectivity index (χ4n) is 6.06.